The highest BCUT2D eigenvalue weighted by Gasteiger charge is 2.26. The number of piperidine rings is 1. The van der Waals surface area contributed by atoms with Gasteiger partial charge in [0.25, 0.3) is 0 Å². The van der Waals surface area contributed by atoms with E-state index in [1.807, 2.05) is 31.2 Å². The fourth-order valence-corrected chi connectivity index (χ4v) is 3.74. The van der Waals surface area contributed by atoms with Crippen LogP contribution in [0.25, 0.3) is 0 Å². The van der Waals surface area contributed by atoms with Gasteiger partial charge in [0.2, 0.25) is 5.91 Å². The molecule has 0 saturated carbocycles. The van der Waals surface area contributed by atoms with E-state index in [2.05, 4.69) is 40.5 Å². The van der Waals surface area contributed by atoms with E-state index in [4.69, 9.17) is 4.74 Å². The first kappa shape index (κ1) is 19.4. The summed E-state index contributed by atoms with van der Waals surface area (Å²) in [5, 5.41) is 3.06. The molecule has 0 radical (unpaired) electrons. The molecular weight excluding hydrogens is 336 g/mol. The Labute approximate surface area is 162 Å². The van der Waals surface area contributed by atoms with Gasteiger partial charge in [0.1, 0.15) is 5.75 Å². The molecule has 1 amide bonds. The summed E-state index contributed by atoms with van der Waals surface area (Å²) < 4.78 is 5.16. The minimum absolute atomic E-state index is 0.0825. The molecule has 0 aromatic heterocycles. The number of benzene rings is 2. The third-order valence-electron chi connectivity index (χ3n) is 5.57. The van der Waals surface area contributed by atoms with Crippen LogP contribution in [0.2, 0.25) is 0 Å². The molecule has 1 aliphatic rings. The van der Waals surface area contributed by atoms with Gasteiger partial charge < -0.3 is 10.1 Å². The summed E-state index contributed by atoms with van der Waals surface area (Å²) >= 11 is 0. The minimum Gasteiger partial charge on any atom is -0.497 e. The Morgan fingerprint density at radius 2 is 1.74 bits per heavy atom. The lowest BCUT2D eigenvalue weighted by Crippen LogP contribution is -2.48. The van der Waals surface area contributed by atoms with Crippen LogP contribution in [0.1, 0.15) is 30.9 Å². The van der Waals surface area contributed by atoms with Crippen LogP contribution in [0.5, 0.6) is 5.75 Å². The molecule has 1 aliphatic heterocycles. The van der Waals surface area contributed by atoms with Gasteiger partial charge in [-0.1, -0.05) is 42.5 Å². The second-order valence-electron chi connectivity index (χ2n) is 7.41. The molecule has 144 valence electrons. The number of ether oxygens (including phenoxy) is 1. The average molecular weight is 367 g/mol. The third-order valence-corrected chi connectivity index (χ3v) is 5.57. The van der Waals surface area contributed by atoms with E-state index in [0.717, 1.165) is 49.6 Å². The van der Waals surface area contributed by atoms with Gasteiger partial charge in [-0.25, -0.2) is 0 Å². The molecule has 0 aliphatic carbocycles. The van der Waals surface area contributed by atoms with Crippen LogP contribution in [0.4, 0.5) is 0 Å². The number of nitrogens with zero attached hydrogens (tertiary/aromatic N) is 1. The number of hydrogen-bond donors (Lipinski definition) is 1. The van der Waals surface area contributed by atoms with Crippen molar-refractivity contribution < 1.29 is 9.53 Å². The number of carbonyl (C=O) groups is 1. The highest BCUT2D eigenvalue weighted by Crippen LogP contribution is 2.23. The maximum absolute atomic E-state index is 12.5. The number of methoxy groups -OCH3 is 1. The summed E-state index contributed by atoms with van der Waals surface area (Å²) in [4.78, 5) is 14.8. The maximum Gasteiger partial charge on any atom is 0.237 e. The molecule has 1 fully saturated rings. The van der Waals surface area contributed by atoms with Gasteiger partial charge in [0, 0.05) is 6.54 Å². The van der Waals surface area contributed by atoms with Crippen molar-refractivity contribution in [2.45, 2.75) is 38.8 Å². The molecule has 4 heteroatoms. The fraction of sp³-hybridized carbons (Fsp3) is 0.435. The van der Waals surface area contributed by atoms with E-state index in [1.165, 1.54) is 5.56 Å². The summed E-state index contributed by atoms with van der Waals surface area (Å²) in [6.07, 6.45) is 3.46. The van der Waals surface area contributed by atoms with Crippen LogP contribution in [-0.2, 0) is 17.8 Å². The van der Waals surface area contributed by atoms with Gasteiger partial charge in [-0.15, -0.1) is 0 Å². The van der Waals surface area contributed by atoms with Crippen LogP contribution in [0, 0.1) is 5.92 Å². The quantitative estimate of drug-likeness (QED) is 0.813. The number of nitrogens with one attached hydrogen (secondary N) is 1. The normalized spacial score (nSPS) is 16.7. The molecule has 4 nitrogen and oxygen atoms in total. The van der Waals surface area contributed by atoms with E-state index in [-0.39, 0.29) is 11.9 Å². The number of amides is 1. The van der Waals surface area contributed by atoms with Crippen molar-refractivity contribution in [3.05, 3.63) is 65.7 Å². The Morgan fingerprint density at radius 3 is 2.37 bits per heavy atom. The minimum atomic E-state index is -0.0825. The molecule has 1 saturated heterocycles. The van der Waals surface area contributed by atoms with E-state index in [1.54, 1.807) is 7.11 Å². The van der Waals surface area contributed by atoms with Gasteiger partial charge in [0.15, 0.2) is 0 Å². The van der Waals surface area contributed by atoms with E-state index in [0.29, 0.717) is 6.54 Å². The zero-order valence-electron chi connectivity index (χ0n) is 16.4. The molecule has 1 N–H and O–H groups in total. The molecule has 27 heavy (non-hydrogen) atoms. The van der Waals surface area contributed by atoms with E-state index in [9.17, 15) is 4.79 Å². The zero-order chi connectivity index (χ0) is 19.1. The first-order chi connectivity index (χ1) is 13.2. The second kappa shape index (κ2) is 9.56. The molecule has 2 aromatic rings. The van der Waals surface area contributed by atoms with Gasteiger partial charge in [-0.2, -0.15) is 0 Å². The number of likely N-dealkylation sites (tertiary alicyclic amines) is 1. The maximum atomic E-state index is 12.5. The monoisotopic (exact) mass is 366 g/mol. The molecule has 2 aromatic carbocycles. The largest absolute Gasteiger partial charge is 0.497 e. The molecular formula is C23H30N2O2. The number of carbonyl (C=O) groups excluding carboxylic acids is 1. The molecule has 0 bridgehead atoms. The molecule has 1 unspecified atom stereocenters. The Hall–Kier alpha value is -2.33. The Bertz CT molecular complexity index is 707. The predicted molar refractivity (Wildman–Crippen MR) is 109 cm³/mol. The van der Waals surface area contributed by atoms with Crippen LogP contribution in [0.3, 0.4) is 0 Å². The topological polar surface area (TPSA) is 41.6 Å². The van der Waals surface area contributed by atoms with Gasteiger partial charge in [0.05, 0.1) is 13.2 Å². The van der Waals surface area contributed by atoms with E-state index < -0.39 is 0 Å². The SMILES string of the molecule is COc1ccc(CNC(=O)C(C)N2CCC(Cc3ccccc3)CC2)cc1. The summed E-state index contributed by atoms with van der Waals surface area (Å²) in [6, 6.07) is 18.4. The zero-order valence-corrected chi connectivity index (χ0v) is 16.4. The Morgan fingerprint density at radius 1 is 1.07 bits per heavy atom. The smallest absolute Gasteiger partial charge is 0.237 e. The predicted octanol–water partition coefficient (Wildman–Crippen LogP) is 3.65. The summed E-state index contributed by atoms with van der Waals surface area (Å²) in [5.41, 5.74) is 2.50. The van der Waals surface area contributed by atoms with Crippen molar-refractivity contribution in [1.29, 1.82) is 0 Å². The lowest BCUT2D eigenvalue weighted by atomic mass is 9.89. The first-order valence-electron chi connectivity index (χ1n) is 9.84. The first-order valence-corrected chi connectivity index (χ1v) is 9.84. The van der Waals surface area contributed by atoms with Crippen LogP contribution in [-0.4, -0.2) is 37.0 Å². The Balaban J connectivity index is 1.42. The number of hydrogen-bond acceptors (Lipinski definition) is 3. The van der Waals surface area contributed by atoms with Crippen molar-refractivity contribution in [2.75, 3.05) is 20.2 Å². The van der Waals surface area contributed by atoms with Gasteiger partial charge in [-0.05, 0) is 68.5 Å². The van der Waals surface area contributed by atoms with Crippen LogP contribution < -0.4 is 10.1 Å². The number of rotatable bonds is 7. The van der Waals surface area contributed by atoms with Crippen molar-refractivity contribution >= 4 is 5.91 Å². The summed E-state index contributed by atoms with van der Waals surface area (Å²) in [6.45, 7) is 4.56. The van der Waals surface area contributed by atoms with Crippen molar-refractivity contribution in [2.24, 2.45) is 5.92 Å². The lowest BCUT2D eigenvalue weighted by molar-refractivity contribution is -0.126. The molecule has 0 spiro atoms. The van der Waals surface area contributed by atoms with Crippen molar-refractivity contribution in [3.8, 4) is 5.75 Å². The lowest BCUT2D eigenvalue weighted by Gasteiger charge is -2.35. The van der Waals surface area contributed by atoms with Gasteiger partial charge in [-0.3, -0.25) is 9.69 Å². The molecule has 3 rings (SSSR count). The molecule has 1 heterocycles. The third kappa shape index (κ3) is 5.57. The highest BCUT2D eigenvalue weighted by molar-refractivity contribution is 5.81. The van der Waals surface area contributed by atoms with E-state index >= 15 is 0 Å². The fourth-order valence-electron chi connectivity index (χ4n) is 3.74. The standard InChI is InChI=1S/C23H30N2O2/c1-18(23(26)24-17-21-8-10-22(27-2)11-9-21)25-14-12-20(13-15-25)16-19-6-4-3-5-7-19/h3-11,18,20H,12-17H2,1-2H3,(H,24,26). The average Bonchev–Trinajstić information content (AvgIpc) is 2.73. The Kier molecular flexibility index (Phi) is 6.88. The van der Waals surface area contributed by atoms with Crippen LogP contribution in [0.15, 0.2) is 54.6 Å². The second-order valence-corrected chi connectivity index (χ2v) is 7.41. The van der Waals surface area contributed by atoms with Gasteiger partial charge >= 0.3 is 0 Å². The highest BCUT2D eigenvalue weighted by atomic mass is 16.5. The summed E-state index contributed by atoms with van der Waals surface area (Å²) in [5.74, 6) is 1.65. The van der Waals surface area contributed by atoms with Crippen molar-refractivity contribution in [1.82, 2.24) is 10.2 Å². The van der Waals surface area contributed by atoms with Crippen LogP contribution >= 0.6 is 0 Å². The van der Waals surface area contributed by atoms with Crippen molar-refractivity contribution in [3.63, 3.8) is 0 Å². The molecule has 1 atom stereocenters. The summed E-state index contributed by atoms with van der Waals surface area (Å²) in [7, 11) is 1.65.